The molecule has 0 aliphatic carbocycles. The van der Waals surface area contributed by atoms with Gasteiger partial charge in [-0.3, -0.25) is 25.0 Å². The Morgan fingerprint density at radius 1 is 1.26 bits per heavy atom. The van der Waals surface area contributed by atoms with Gasteiger partial charge >= 0.3 is 0 Å². The molecule has 9 nitrogen and oxygen atoms in total. The van der Waals surface area contributed by atoms with Crippen molar-refractivity contribution in [3.05, 3.63) is 44.0 Å². The Bertz CT molecular complexity index is 565. The average molecular weight is 285 g/mol. The van der Waals surface area contributed by atoms with Crippen LogP contribution in [-0.2, 0) is 0 Å². The van der Waals surface area contributed by atoms with Gasteiger partial charge in [-0.2, -0.15) is 5.26 Å². The van der Waals surface area contributed by atoms with E-state index in [9.17, 15) is 25.0 Å². The van der Waals surface area contributed by atoms with Gasteiger partial charge in [-0.25, -0.2) is 0 Å². The summed E-state index contributed by atoms with van der Waals surface area (Å²) in [6.45, 7) is 0. The van der Waals surface area contributed by atoms with Gasteiger partial charge < -0.3 is 5.32 Å². The summed E-state index contributed by atoms with van der Waals surface area (Å²) in [5.74, 6) is -0.923. The fourth-order valence-electron chi connectivity index (χ4n) is 1.17. The predicted octanol–water partition coefficient (Wildman–Crippen LogP) is 1.32. The first-order valence-electron chi connectivity index (χ1n) is 4.63. The van der Waals surface area contributed by atoms with E-state index >= 15 is 0 Å². The van der Waals surface area contributed by atoms with Gasteiger partial charge in [0, 0.05) is 12.1 Å². The number of nitriles is 1. The van der Waals surface area contributed by atoms with Gasteiger partial charge in [0.25, 0.3) is 17.3 Å². The largest absolute Gasteiger partial charge is 0.324 e. The lowest BCUT2D eigenvalue weighted by atomic mass is 10.1. The van der Waals surface area contributed by atoms with E-state index in [1.807, 2.05) is 5.32 Å². The monoisotopic (exact) mass is 284 g/mol. The highest BCUT2D eigenvalue weighted by atomic mass is 35.5. The molecule has 10 heteroatoms. The minimum Gasteiger partial charge on any atom is -0.324 e. The molecule has 1 atom stereocenters. The summed E-state index contributed by atoms with van der Waals surface area (Å²) in [6, 6.07) is 3.93. The number of nitrogens with zero attached hydrogens (tertiary/aromatic N) is 3. The molecule has 0 aliphatic heterocycles. The highest BCUT2D eigenvalue weighted by molar-refractivity contribution is 6.23. The number of nitro groups is 2. The van der Waals surface area contributed by atoms with Gasteiger partial charge in [0.15, 0.2) is 5.50 Å². The smallest absolute Gasteiger partial charge is 0.277 e. The molecule has 0 bridgehead atoms. The van der Waals surface area contributed by atoms with Crippen molar-refractivity contribution < 1.29 is 14.6 Å². The van der Waals surface area contributed by atoms with Gasteiger partial charge in [-0.1, -0.05) is 11.6 Å². The van der Waals surface area contributed by atoms with Gasteiger partial charge in [0.1, 0.15) is 6.07 Å². The SMILES string of the molecule is N#CC(Cl)NC(=O)c1cc([N+](=O)[O-])cc([N+](=O)[O-])c1. The Morgan fingerprint density at radius 3 is 2.11 bits per heavy atom. The molecule has 0 saturated carbocycles. The maximum Gasteiger partial charge on any atom is 0.277 e. The van der Waals surface area contributed by atoms with Crippen molar-refractivity contribution >= 4 is 28.9 Å². The second-order valence-electron chi connectivity index (χ2n) is 3.22. The molecule has 0 aromatic heterocycles. The first kappa shape index (κ1) is 14.3. The molecule has 0 saturated heterocycles. The van der Waals surface area contributed by atoms with Crippen LogP contribution in [0.5, 0.6) is 0 Å². The lowest BCUT2D eigenvalue weighted by molar-refractivity contribution is -0.394. The number of nitrogens with one attached hydrogen (secondary N) is 1. The van der Waals surface area contributed by atoms with Crippen LogP contribution in [0.1, 0.15) is 10.4 Å². The zero-order valence-corrected chi connectivity index (χ0v) is 9.83. The second kappa shape index (κ2) is 5.74. The number of rotatable bonds is 4. The van der Waals surface area contributed by atoms with Gasteiger partial charge in [0.05, 0.1) is 21.5 Å². The minimum atomic E-state index is -1.34. The van der Waals surface area contributed by atoms with Crippen LogP contribution in [0.2, 0.25) is 0 Å². The molecule has 1 rings (SSSR count). The number of benzene rings is 1. The topological polar surface area (TPSA) is 139 Å². The van der Waals surface area contributed by atoms with Crippen molar-refractivity contribution in [2.24, 2.45) is 0 Å². The molecule has 0 radical (unpaired) electrons. The third-order valence-electron chi connectivity index (χ3n) is 1.96. The molecule has 0 fully saturated rings. The lowest BCUT2D eigenvalue weighted by Crippen LogP contribution is -2.29. The van der Waals surface area contributed by atoms with E-state index in [1.165, 1.54) is 6.07 Å². The van der Waals surface area contributed by atoms with E-state index in [4.69, 9.17) is 16.9 Å². The zero-order valence-electron chi connectivity index (χ0n) is 9.07. The summed E-state index contributed by atoms with van der Waals surface area (Å²) in [7, 11) is 0. The Morgan fingerprint density at radius 2 is 1.74 bits per heavy atom. The average Bonchev–Trinajstić information content (AvgIpc) is 2.37. The van der Waals surface area contributed by atoms with E-state index in [2.05, 4.69) is 0 Å². The number of carbonyl (C=O) groups excluding carboxylic acids is 1. The first-order valence-corrected chi connectivity index (χ1v) is 5.07. The van der Waals surface area contributed by atoms with E-state index in [1.54, 1.807) is 0 Å². The van der Waals surface area contributed by atoms with Crippen LogP contribution >= 0.6 is 11.6 Å². The molecule has 19 heavy (non-hydrogen) atoms. The standard InChI is InChI=1S/C9H5ClN4O5/c10-8(4-11)12-9(15)5-1-6(13(16)17)3-7(2-5)14(18)19/h1-3,8H,(H,12,15). The molecular formula is C9H5ClN4O5. The van der Waals surface area contributed by atoms with Crippen molar-refractivity contribution in [1.82, 2.24) is 5.32 Å². The summed E-state index contributed by atoms with van der Waals surface area (Å²) < 4.78 is 0. The summed E-state index contributed by atoms with van der Waals surface area (Å²) in [5, 5.41) is 31.6. The van der Waals surface area contributed by atoms with Crippen molar-refractivity contribution in [2.75, 3.05) is 0 Å². The molecule has 1 aromatic rings. The maximum absolute atomic E-state index is 11.6. The van der Waals surface area contributed by atoms with Crippen LogP contribution < -0.4 is 5.32 Å². The highest BCUT2D eigenvalue weighted by Crippen LogP contribution is 2.22. The Labute approximate surface area is 110 Å². The fraction of sp³-hybridized carbons (Fsp3) is 0.111. The molecule has 1 N–H and O–H groups in total. The predicted molar refractivity (Wildman–Crippen MR) is 62.5 cm³/mol. The van der Waals surface area contributed by atoms with E-state index in [0.29, 0.717) is 0 Å². The van der Waals surface area contributed by atoms with Crippen molar-refractivity contribution in [3.8, 4) is 6.07 Å². The molecule has 1 amide bonds. The third kappa shape index (κ3) is 3.62. The van der Waals surface area contributed by atoms with E-state index < -0.39 is 32.6 Å². The van der Waals surface area contributed by atoms with Crippen molar-refractivity contribution in [3.63, 3.8) is 0 Å². The molecule has 98 valence electrons. The molecule has 0 spiro atoms. The van der Waals surface area contributed by atoms with E-state index in [0.717, 1.165) is 18.2 Å². The van der Waals surface area contributed by atoms with Crippen LogP contribution in [-0.4, -0.2) is 21.3 Å². The van der Waals surface area contributed by atoms with Crippen molar-refractivity contribution in [2.45, 2.75) is 5.50 Å². The fourth-order valence-corrected chi connectivity index (χ4v) is 1.27. The third-order valence-corrected chi connectivity index (χ3v) is 2.16. The second-order valence-corrected chi connectivity index (χ2v) is 3.65. The Balaban J connectivity index is 3.20. The van der Waals surface area contributed by atoms with Gasteiger partial charge in [0.2, 0.25) is 0 Å². The minimum absolute atomic E-state index is 0.332. The summed E-state index contributed by atoms with van der Waals surface area (Å²) in [6.07, 6.45) is 0. The molecule has 0 aliphatic rings. The van der Waals surface area contributed by atoms with Crippen LogP contribution in [0, 0.1) is 31.6 Å². The Kier molecular flexibility index (Phi) is 4.33. The van der Waals surface area contributed by atoms with Crippen molar-refractivity contribution in [1.29, 1.82) is 5.26 Å². The molecular weight excluding hydrogens is 280 g/mol. The number of hydrogen-bond donors (Lipinski definition) is 1. The number of hydrogen-bond acceptors (Lipinski definition) is 6. The molecule has 0 heterocycles. The van der Waals surface area contributed by atoms with Gasteiger partial charge in [-0.15, -0.1) is 0 Å². The number of amides is 1. The number of carbonyl (C=O) groups is 1. The Hall–Kier alpha value is -2.73. The highest BCUT2D eigenvalue weighted by Gasteiger charge is 2.20. The van der Waals surface area contributed by atoms with Crippen LogP contribution in [0.25, 0.3) is 0 Å². The van der Waals surface area contributed by atoms with Crippen LogP contribution in [0.15, 0.2) is 18.2 Å². The molecule has 1 unspecified atom stereocenters. The first-order chi connectivity index (χ1) is 8.85. The maximum atomic E-state index is 11.6. The normalized spacial score (nSPS) is 11.2. The van der Waals surface area contributed by atoms with Gasteiger partial charge in [-0.05, 0) is 0 Å². The molecule has 1 aromatic carbocycles. The quantitative estimate of drug-likeness (QED) is 0.383. The van der Waals surface area contributed by atoms with E-state index in [-0.39, 0.29) is 5.56 Å². The van der Waals surface area contributed by atoms with Crippen LogP contribution in [0.4, 0.5) is 11.4 Å². The number of non-ortho nitro benzene ring substituents is 2. The zero-order chi connectivity index (χ0) is 14.6. The number of nitro benzene ring substituents is 2. The number of halogens is 1. The number of alkyl halides is 1. The summed E-state index contributed by atoms with van der Waals surface area (Å²) in [4.78, 5) is 31.0. The summed E-state index contributed by atoms with van der Waals surface area (Å²) in [5.41, 5.74) is -2.89. The lowest BCUT2D eigenvalue weighted by Gasteiger charge is -2.04. The summed E-state index contributed by atoms with van der Waals surface area (Å²) >= 11 is 5.35. The van der Waals surface area contributed by atoms with Crippen LogP contribution in [0.3, 0.4) is 0 Å².